The van der Waals surface area contributed by atoms with E-state index in [4.69, 9.17) is 13.9 Å². The molecule has 186 valence electrons. The van der Waals surface area contributed by atoms with Crippen molar-refractivity contribution in [2.75, 3.05) is 5.32 Å². The molecule has 3 rings (SSSR count). The molecule has 1 aliphatic heterocycles. The number of carbonyl (C=O) groups excluding carboxylic acids is 1. The van der Waals surface area contributed by atoms with Gasteiger partial charge >= 0.3 is 6.09 Å². The predicted octanol–water partition coefficient (Wildman–Crippen LogP) is 8.33. The van der Waals surface area contributed by atoms with E-state index in [9.17, 15) is 4.79 Å². The van der Waals surface area contributed by atoms with Crippen molar-refractivity contribution in [2.24, 2.45) is 0 Å². The number of aryl methyl sites for hydroxylation is 2. The van der Waals surface area contributed by atoms with E-state index in [2.05, 4.69) is 78.2 Å². The van der Waals surface area contributed by atoms with Gasteiger partial charge in [-0.25, -0.2) is 4.79 Å². The zero-order chi connectivity index (χ0) is 25.9. The molecule has 1 amide bonds. The quantitative estimate of drug-likeness (QED) is 0.446. The lowest BCUT2D eigenvalue weighted by atomic mass is 9.84. The predicted molar refractivity (Wildman–Crippen MR) is 143 cm³/mol. The maximum atomic E-state index is 12.4. The van der Waals surface area contributed by atoms with Crippen LogP contribution in [-0.2, 0) is 10.3 Å². The number of rotatable bonds is 3. The number of hydrogen-bond donors (Lipinski definition) is 1. The van der Waals surface area contributed by atoms with Crippen molar-refractivity contribution in [3.8, 4) is 22.6 Å². The third kappa shape index (κ3) is 5.27. The Labute approximate surface area is 206 Å². The minimum atomic E-state index is -1.99. The highest BCUT2D eigenvalue weighted by atomic mass is 28.4. The van der Waals surface area contributed by atoms with Gasteiger partial charge < -0.3 is 13.9 Å². The number of ether oxygens (including phenoxy) is 2. The first kappa shape index (κ1) is 26.1. The van der Waals surface area contributed by atoms with Crippen molar-refractivity contribution in [3.05, 3.63) is 41.0 Å². The zero-order valence-electron chi connectivity index (χ0n) is 22.9. The fraction of sp³-hybridized carbons (Fsp3) is 0.536. The molecule has 5 nitrogen and oxygen atoms in total. The first-order valence-electron chi connectivity index (χ1n) is 12.0. The van der Waals surface area contributed by atoms with Gasteiger partial charge in [0.25, 0.3) is 0 Å². The Morgan fingerprint density at radius 3 is 2.09 bits per heavy atom. The maximum Gasteiger partial charge on any atom is 0.412 e. The van der Waals surface area contributed by atoms with E-state index in [-0.39, 0.29) is 5.04 Å². The molecular formula is C28H41NO4Si. The Kier molecular flexibility index (Phi) is 6.40. The van der Waals surface area contributed by atoms with E-state index in [0.717, 1.165) is 45.0 Å². The number of amides is 1. The molecule has 1 aliphatic rings. The van der Waals surface area contributed by atoms with Crippen LogP contribution in [0.3, 0.4) is 0 Å². The molecule has 34 heavy (non-hydrogen) atoms. The summed E-state index contributed by atoms with van der Waals surface area (Å²) in [7, 11) is -1.99. The molecule has 0 saturated carbocycles. The highest BCUT2D eigenvalue weighted by Gasteiger charge is 2.40. The third-order valence-corrected chi connectivity index (χ3v) is 11.1. The molecule has 0 unspecified atom stereocenters. The Balaban J connectivity index is 2.05. The molecule has 1 heterocycles. The smallest absolute Gasteiger partial charge is 0.412 e. The largest absolute Gasteiger partial charge is 0.543 e. The average Bonchev–Trinajstić information content (AvgIpc) is 2.61. The van der Waals surface area contributed by atoms with Gasteiger partial charge in [-0.3, -0.25) is 5.32 Å². The second kappa shape index (κ2) is 8.33. The van der Waals surface area contributed by atoms with Crippen molar-refractivity contribution < 1.29 is 18.7 Å². The van der Waals surface area contributed by atoms with Crippen molar-refractivity contribution in [1.29, 1.82) is 0 Å². The van der Waals surface area contributed by atoms with E-state index in [0.29, 0.717) is 0 Å². The van der Waals surface area contributed by atoms with Crippen molar-refractivity contribution >= 4 is 20.1 Å². The fourth-order valence-electron chi connectivity index (χ4n) is 3.81. The first-order chi connectivity index (χ1) is 15.3. The Morgan fingerprint density at radius 2 is 1.53 bits per heavy atom. The summed E-state index contributed by atoms with van der Waals surface area (Å²) in [4.78, 5) is 12.4. The first-order valence-corrected chi connectivity index (χ1v) is 14.9. The Bertz CT molecular complexity index is 1120. The molecule has 2 aromatic carbocycles. The number of hydrogen-bond acceptors (Lipinski definition) is 4. The monoisotopic (exact) mass is 483 g/mol. The minimum absolute atomic E-state index is 0.108. The van der Waals surface area contributed by atoms with Gasteiger partial charge in [0.2, 0.25) is 8.32 Å². The fourth-order valence-corrected chi connectivity index (χ4v) is 4.89. The van der Waals surface area contributed by atoms with E-state index < -0.39 is 25.6 Å². The normalized spacial score (nSPS) is 15.1. The molecular weight excluding hydrogens is 442 g/mol. The number of fused-ring (bicyclic) bond motifs is 3. The minimum Gasteiger partial charge on any atom is -0.543 e. The second-order valence-electron chi connectivity index (χ2n) is 12.4. The van der Waals surface area contributed by atoms with Gasteiger partial charge in [-0.05, 0) is 101 Å². The summed E-state index contributed by atoms with van der Waals surface area (Å²) in [6.07, 6.45) is -0.464. The summed E-state index contributed by atoms with van der Waals surface area (Å²) in [5.74, 6) is 1.72. The maximum absolute atomic E-state index is 12.4. The SMILES string of the molecule is Cc1cc2c(cc1NC(=O)OC(C)(C)C)C(C)(C)Oc1cc(O[Si](C)(C)C(C)(C)C)c(C)cc1-2. The number of carbonyl (C=O) groups is 1. The van der Waals surface area contributed by atoms with Gasteiger partial charge in [0, 0.05) is 22.9 Å². The van der Waals surface area contributed by atoms with Crippen LogP contribution < -0.4 is 14.5 Å². The summed E-state index contributed by atoms with van der Waals surface area (Å²) in [5, 5.41) is 3.01. The molecule has 6 heteroatoms. The number of benzene rings is 2. The number of nitrogens with one attached hydrogen (secondary N) is 1. The molecule has 0 aromatic heterocycles. The van der Waals surface area contributed by atoms with Gasteiger partial charge in [0.05, 0.1) is 0 Å². The third-order valence-electron chi connectivity index (χ3n) is 6.75. The van der Waals surface area contributed by atoms with E-state index in [1.165, 1.54) is 0 Å². The zero-order valence-corrected chi connectivity index (χ0v) is 23.9. The summed E-state index contributed by atoms with van der Waals surface area (Å²) in [6, 6.07) is 8.34. The van der Waals surface area contributed by atoms with Gasteiger partial charge in [0.1, 0.15) is 22.7 Å². The lowest BCUT2D eigenvalue weighted by molar-refractivity contribution is 0.0635. The van der Waals surface area contributed by atoms with Crippen molar-refractivity contribution in [1.82, 2.24) is 0 Å². The standard InChI is InChI=1S/C28H41NO4Si/c1-17-13-19-20-14-18(2)23(33-34(11,12)27(6,7)8)16-24(20)31-28(9,10)21(19)15-22(17)29-25(30)32-26(3,4)5/h13-16H,1-12H3,(H,29,30). The van der Waals surface area contributed by atoms with Gasteiger partial charge in [-0.2, -0.15) is 0 Å². The van der Waals surface area contributed by atoms with Crippen LogP contribution in [-0.4, -0.2) is 20.0 Å². The molecule has 2 aromatic rings. The van der Waals surface area contributed by atoms with Crippen LogP contribution in [0.4, 0.5) is 10.5 Å². The topological polar surface area (TPSA) is 56.8 Å². The Hall–Kier alpha value is -2.47. The lowest BCUT2D eigenvalue weighted by Gasteiger charge is -2.39. The average molecular weight is 484 g/mol. The van der Waals surface area contributed by atoms with Crippen LogP contribution in [0.2, 0.25) is 18.1 Å². The second-order valence-corrected chi connectivity index (χ2v) is 17.2. The van der Waals surface area contributed by atoms with Crippen LogP contribution in [0.25, 0.3) is 11.1 Å². The van der Waals surface area contributed by atoms with Crippen molar-refractivity contribution in [3.63, 3.8) is 0 Å². The van der Waals surface area contributed by atoms with Crippen LogP contribution in [0.15, 0.2) is 24.3 Å². The lowest BCUT2D eigenvalue weighted by Crippen LogP contribution is -2.44. The van der Waals surface area contributed by atoms with Crippen molar-refractivity contribution in [2.45, 2.75) is 98.6 Å². The summed E-state index contributed by atoms with van der Waals surface area (Å²) in [5.41, 5.74) is 4.82. The molecule has 0 spiro atoms. The van der Waals surface area contributed by atoms with Gasteiger partial charge in [-0.1, -0.05) is 20.8 Å². The van der Waals surface area contributed by atoms with Gasteiger partial charge in [-0.15, -0.1) is 0 Å². The van der Waals surface area contributed by atoms with Gasteiger partial charge in [0.15, 0.2) is 0 Å². The molecule has 1 N–H and O–H groups in total. The number of anilines is 1. The molecule has 0 atom stereocenters. The molecule has 0 radical (unpaired) electrons. The summed E-state index contributed by atoms with van der Waals surface area (Å²) < 4.78 is 18.6. The molecule has 0 fully saturated rings. The van der Waals surface area contributed by atoms with E-state index >= 15 is 0 Å². The Morgan fingerprint density at radius 1 is 0.941 bits per heavy atom. The molecule has 0 bridgehead atoms. The van der Waals surface area contributed by atoms with Crippen LogP contribution in [0, 0.1) is 13.8 Å². The van der Waals surface area contributed by atoms with E-state index in [1.54, 1.807) is 0 Å². The highest BCUT2D eigenvalue weighted by Crippen LogP contribution is 2.49. The highest BCUT2D eigenvalue weighted by molar-refractivity contribution is 6.74. The van der Waals surface area contributed by atoms with Crippen LogP contribution in [0.1, 0.15) is 72.1 Å². The van der Waals surface area contributed by atoms with Crippen LogP contribution >= 0.6 is 0 Å². The summed E-state index contributed by atoms with van der Waals surface area (Å²) >= 11 is 0. The van der Waals surface area contributed by atoms with Crippen LogP contribution in [0.5, 0.6) is 11.5 Å². The molecule has 0 aliphatic carbocycles. The molecule has 0 saturated heterocycles. The summed E-state index contributed by atoms with van der Waals surface area (Å²) in [6.45, 7) is 25.0. The van der Waals surface area contributed by atoms with E-state index in [1.807, 2.05) is 33.8 Å².